The van der Waals surface area contributed by atoms with Crippen molar-refractivity contribution in [1.82, 2.24) is 4.90 Å². The summed E-state index contributed by atoms with van der Waals surface area (Å²) >= 11 is 0. The summed E-state index contributed by atoms with van der Waals surface area (Å²) in [5.41, 5.74) is 2.04. The average Bonchev–Trinajstić information content (AvgIpc) is 2.67. The van der Waals surface area contributed by atoms with E-state index in [-0.39, 0.29) is 11.9 Å². The fraction of sp³-hybridized carbons (Fsp3) is 0.300. The summed E-state index contributed by atoms with van der Waals surface area (Å²) in [5, 5.41) is 11.8. The smallest absolute Gasteiger partial charge is 0.241 e. The van der Waals surface area contributed by atoms with Crippen molar-refractivity contribution in [2.24, 2.45) is 0 Å². The maximum absolute atomic E-state index is 12.5. The number of benzene rings is 2. The molecule has 0 spiro atoms. The predicted molar refractivity (Wildman–Crippen MR) is 100 cm³/mol. The predicted octanol–water partition coefficient (Wildman–Crippen LogP) is 3.03. The fourth-order valence-corrected chi connectivity index (χ4v) is 2.60. The zero-order chi connectivity index (χ0) is 19.1. The van der Waals surface area contributed by atoms with Crippen molar-refractivity contribution in [2.45, 2.75) is 19.5 Å². The Labute approximate surface area is 153 Å². The summed E-state index contributed by atoms with van der Waals surface area (Å²) < 4.78 is 10.8. The first-order chi connectivity index (χ1) is 12.5. The number of nitrogens with zero attached hydrogens (tertiary/aromatic N) is 2. The molecule has 2 aromatic rings. The van der Waals surface area contributed by atoms with Gasteiger partial charge in [-0.05, 0) is 38.2 Å². The van der Waals surface area contributed by atoms with Crippen LogP contribution in [0.1, 0.15) is 18.1 Å². The van der Waals surface area contributed by atoms with Crippen LogP contribution in [0.25, 0.3) is 0 Å². The molecule has 2 rings (SSSR count). The molecule has 136 valence electrons. The Hall–Kier alpha value is -3.04. The molecule has 0 saturated carbocycles. The molecule has 0 aliphatic rings. The van der Waals surface area contributed by atoms with Crippen molar-refractivity contribution < 1.29 is 14.3 Å². The molecule has 6 nitrogen and oxygen atoms in total. The summed E-state index contributed by atoms with van der Waals surface area (Å²) in [6.45, 7) is 2.35. The molecule has 0 fully saturated rings. The normalized spacial score (nSPS) is 11.5. The molecule has 1 atom stereocenters. The largest absolute Gasteiger partial charge is 0.493 e. The lowest BCUT2D eigenvalue weighted by atomic mass is 10.1. The van der Waals surface area contributed by atoms with Gasteiger partial charge in [-0.3, -0.25) is 9.69 Å². The Balaban J connectivity index is 2.08. The summed E-state index contributed by atoms with van der Waals surface area (Å²) in [6.07, 6.45) is 0. The quantitative estimate of drug-likeness (QED) is 0.828. The van der Waals surface area contributed by atoms with Crippen LogP contribution in [0.3, 0.4) is 0 Å². The zero-order valence-electron chi connectivity index (χ0n) is 15.4. The number of carbonyl (C=O) groups is 1. The van der Waals surface area contributed by atoms with E-state index in [1.54, 1.807) is 38.5 Å². The second-order valence-electron chi connectivity index (χ2n) is 5.93. The Bertz CT molecular complexity index is 814. The molecule has 0 aromatic heterocycles. The summed E-state index contributed by atoms with van der Waals surface area (Å²) in [6, 6.07) is 14.2. The minimum atomic E-state index is -0.378. The molecule has 0 aliphatic carbocycles. The van der Waals surface area contributed by atoms with E-state index in [9.17, 15) is 4.79 Å². The highest BCUT2D eigenvalue weighted by atomic mass is 16.5. The van der Waals surface area contributed by atoms with E-state index in [1.807, 2.05) is 37.1 Å². The minimum absolute atomic E-state index is 0.149. The Morgan fingerprint density at radius 3 is 2.62 bits per heavy atom. The van der Waals surface area contributed by atoms with Gasteiger partial charge >= 0.3 is 0 Å². The lowest BCUT2D eigenvalue weighted by molar-refractivity contribution is -0.120. The third kappa shape index (κ3) is 4.52. The van der Waals surface area contributed by atoms with Crippen molar-refractivity contribution >= 4 is 11.6 Å². The van der Waals surface area contributed by atoms with Crippen LogP contribution in [0.4, 0.5) is 5.69 Å². The molecule has 0 heterocycles. The van der Waals surface area contributed by atoms with E-state index in [0.717, 1.165) is 5.56 Å². The third-order valence-electron chi connectivity index (χ3n) is 4.20. The van der Waals surface area contributed by atoms with Crippen LogP contribution in [-0.4, -0.2) is 38.1 Å². The van der Waals surface area contributed by atoms with Gasteiger partial charge in [0.1, 0.15) is 0 Å². The Morgan fingerprint density at radius 2 is 1.96 bits per heavy atom. The molecular weight excluding hydrogens is 330 g/mol. The summed E-state index contributed by atoms with van der Waals surface area (Å²) in [5.74, 6) is 1.17. The van der Waals surface area contributed by atoms with Crippen LogP contribution in [0.2, 0.25) is 0 Å². The standard InChI is InChI=1S/C20H23N3O3/c1-14(20(24)22-17-9-5-7-15(11-17)12-21)23(2)13-16-8-6-10-18(25-3)19(16)26-4/h5-11,14H,13H2,1-4H3,(H,22,24)/t14-/m1/s1. The first kappa shape index (κ1) is 19.3. The Morgan fingerprint density at radius 1 is 1.23 bits per heavy atom. The average molecular weight is 353 g/mol. The minimum Gasteiger partial charge on any atom is -0.493 e. The van der Waals surface area contributed by atoms with Crippen LogP contribution in [0.5, 0.6) is 11.5 Å². The SMILES string of the molecule is COc1cccc(CN(C)[C@H](C)C(=O)Nc2cccc(C#N)c2)c1OC. The maximum atomic E-state index is 12.5. The van der Waals surface area contributed by atoms with Gasteiger partial charge in [-0.2, -0.15) is 5.26 Å². The molecule has 0 aliphatic heterocycles. The molecule has 0 saturated heterocycles. The molecule has 1 amide bonds. The van der Waals surface area contributed by atoms with Crippen molar-refractivity contribution in [3.63, 3.8) is 0 Å². The van der Waals surface area contributed by atoms with Gasteiger partial charge in [-0.25, -0.2) is 0 Å². The van der Waals surface area contributed by atoms with E-state index >= 15 is 0 Å². The maximum Gasteiger partial charge on any atom is 0.241 e. The highest BCUT2D eigenvalue weighted by Gasteiger charge is 2.20. The van der Waals surface area contributed by atoms with E-state index in [1.165, 1.54) is 0 Å². The van der Waals surface area contributed by atoms with Gasteiger partial charge in [0.15, 0.2) is 11.5 Å². The van der Waals surface area contributed by atoms with Crippen LogP contribution in [0, 0.1) is 11.3 Å². The monoisotopic (exact) mass is 353 g/mol. The van der Waals surface area contributed by atoms with Gasteiger partial charge in [-0.15, -0.1) is 0 Å². The van der Waals surface area contributed by atoms with Crippen molar-refractivity contribution in [3.05, 3.63) is 53.6 Å². The number of amides is 1. The molecule has 26 heavy (non-hydrogen) atoms. The van der Waals surface area contributed by atoms with Crippen molar-refractivity contribution in [1.29, 1.82) is 5.26 Å². The summed E-state index contributed by atoms with van der Waals surface area (Å²) in [7, 11) is 5.06. The molecule has 0 radical (unpaired) electrons. The zero-order valence-corrected chi connectivity index (χ0v) is 15.4. The molecule has 0 unspecified atom stereocenters. The number of hydrogen-bond acceptors (Lipinski definition) is 5. The van der Waals surface area contributed by atoms with Crippen LogP contribution < -0.4 is 14.8 Å². The van der Waals surface area contributed by atoms with E-state index in [2.05, 4.69) is 11.4 Å². The van der Waals surface area contributed by atoms with Gasteiger partial charge in [0.2, 0.25) is 5.91 Å². The molecule has 1 N–H and O–H groups in total. The second kappa shape index (κ2) is 8.88. The number of nitrogens with one attached hydrogen (secondary N) is 1. The fourth-order valence-electron chi connectivity index (χ4n) is 2.60. The van der Waals surface area contributed by atoms with E-state index in [4.69, 9.17) is 14.7 Å². The van der Waals surface area contributed by atoms with Gasteiger partial charge in [0, 0.05) is 17.8 Å². The van der Waals surface area contributed by atoms with Gasteiger partial charge < -0.3 is 14.8 Å². The molecule has 2 aromatic carbocycles. The molecule has 6 heteroatoms. The number of hydrogen-bond donors (Lipinski definition) is 1. The van der Waals surface area contributed by atoms with Crippen molar-refractivity contribution in [2.75, 3.05) is 26.6 Å². The van der Waals surface area contributed by atoms with Crippen LogP contribution in [-0.2, 0) is 11.3 Å². The van der Waals surface area contributed by atoms with E-state index in [0.29, 0.717) is 29.3 Å². The second-order valence-corrected chi connectivity index (χ2v) is 5.93. The van der Waals surface area contributed by atoms with Crippen molar-refractivity contribution in [3.8, 4) is 17.6 Å². The number of nitriles is 1. The number of rotatable bonds is 7. The number of methoxy groups -OCH3 is 2. The highest BCUT2D eigenvalue weighted by molar-refractivity contribution is 5.94. The van der Waals surface area contributed by atoms with E-state index < -0.39 is 0 Å². The lowest BCUT2D eigenvalue weighted by Gasteiger charge is -2.25. The number of para-hydroxylation sites is 1. The van der Waals surface area contributed by atoms with Gasteiger partial charge in [0.05, 0.1) is 31.9 Å². The molecular formula is C20H23N3O3. The Kier molecular flexibility index (Phi) is 6.59. The third-order valence-corrected chi connectivity index (χ3v) is 4.20. The highest BCUT2D eigenvalue weighted by Crippen LogP contribution is 2.31. The number of likely N-dealkylation sites (N-methyl/N-ethyl adjacent to an activating group) is 1. The first-order valence-corrected chi connectivity index (χ1v) is 8.21. The first-order valence-electron chi connectivity index (χ1n) is 8.21. The van der Waals surface area contributed by atoms with Gasteiger partial charge in [-0.1, -0.05) is 18.2 Å². The number of carbonyl (C=O) groups excluding carboxylic acids is 1. The molecule has 0 bridgehead atoms. The summed E-state index contributed by atoms with van der Waals surface area (Å²) in [4.78, 5) is 14.4. The van der Waals surface area contributed by atoms with Crippen LogP contribution >= 0.6 is 0 Å². The lowest BCUT2D eigenvalue weighted by Crippen LogP contribution is -2.39. The number of ether oxygens (including phenoxy) is 2. The van der Waals surface area contributed by atoms with Crippen LogP contribution in [0.15, 0.2) is 42.5 Å². The van der Waals surface area contributed by atoms with Gasteiger partial charge in [0.25, 0.3) is 0 Å². The number of anilines is 1. The topological polar surface area (TPSA) is 74.6 Å².